The Kier molecular flexibility index (Phi) is 5.42. The Labute approximate surface area is 156 Å². The van der Waals surface area contributed by atoms with Gasteiger partial charge >= 0.3 is 5.97 Å². The standard InChI is InChI=1S/C19H19ClN2O4/c1-13-5-7-15(20)18(11-13)26-19(23)14-6-8-16(17(12-14)22(24)25)21-9-3-2-4-10-21/h5-8,11-12H,2-4,9-10H2,1H3. The third kappa shape index (κ3) is 3.96. The molecule has 0 aliphatic carbocycles. The zero-order chi connectivity index (χ0) is 18.7. The molecule has 0 bridgehead atoms. The van der Waals surface area contributed by atoms with Crippen LogP contribution in [0.1, 0.15) is 35.2 Å². The van der Waals surface area contributed by atoms with E-state index in [0.717, 1.165) is 37.9 Å². The molecule has 0 atom stereocenters. The second-order valence-electron chi connectivity index (χ2n) is 6.33. The molecule has 2 aromatic carbocycles. The normalized spacial score (nSPS) is 14.2. The maximum Gasteiger partial charge on any atom is 0.343 e. The molecule has 6 nitrogen and oxygen atoms in total. The summed E-state index contributed by atoms with van der Waals surface area (Å²) in [5, 5.41) is 11.8. The van der Waals surface area contributed by atoms with Crippen LogP contribution in [0.5, 0.6) is 5.75 Å². The zero-order valence-electron chi connectivity index (χ0n) is 14.4. The number of ether oxygens (including phenoxy) is 1. The van der Waals surface area contributed by atoms with E-state index < -0.39 is 10.9 Å². The van der Waals surface area contributed by atoms with E-state index in [9.17, 15) is 14.9 Å². The number of aryl methyl sites for hydroxylation is 1. The summed E-state index contributed by atoms with van der Waals surface area (Å²) >= 11 is 6.04. The number of nitrogens with zero attached hydrogens (tertiary/aromatic N) is 2. The highest BCUT2D eigenvalue weighted by molar-refractivity contribution is 6.32. The van der Waals surface area contributed by atoms with E-state index in [1.165, 1.54) is 6.07 Å². The molecule has 0 amide bonds. The second kappa shape index (κ2) is 7.74. The van der Waals surface area contributed by atoms with Gasteiger partial charge in [-0.1, -0.05) is 17.7 Å². The van der Waals surface area contributed by atoms with E-state index in [1.54, 1.807) is 30.3 Å². The van der Waals surface area contributed by atoms with Crippen LogP contribution < -0.4 is 9.64 Å². The van der Waals surface area contributed by atoms with Crippen LogP contribution in [0.3, 0.4) is 0 Å². The first-order valence-corrected chi connectivity index (χ1v) is 8.85. The Morgan fingerprint density at radius 3 is 2.58 bits per heavy atom. The molecule has 26 heavy (non-hydrogen) atoms. The topological polar surface area (TPSA) is 72.7 Å². The minimum Gasteiger partial charge on any atom is -0.421 e. The second-order valence-corrected chi connectivity index (χ2v) is 6.74. The average molecular weight is 375 g/mol. The highest BCUT2D eigenvalue weighted by atomic mass is 35.5. The molecule has 2 aromatic rings. The van der Waals surface area contributed by atoms with Gasteiger partial charge in [0, 0.05) is 19.2 Å². The summed E-state index contributed by atoms with van der Waals surface area (Å²) in [5.74, 6) is -0.440. The van der Waals surface area contributed by atoms with Gasteiger partial charge in [-0.05, 0) is 56.0 Å². The van der Waals surface area contributed by atoms with E-state index >= 15 is 0 Å². The monoisotopic (exact) mass is 374 g/mol. The lowest BCUT2D eigenvalue weighted by Gasteiger charge is -2.28. The molecule has 1 fully saturated rings. The van der Waals surface area contributed by atoms with Gasteiger partial charge in [0.2, 0.25) is 0 Å². The van der Waals surface area contributed by atoms with E-state index in [4.69, 9.17) is 16.3 Å². The largest absolute Gasteiger partial charge is 0.421 e. The third-order valence-corrected chi connectivity index (χ3v) is 4.71. The Morgan fingerprint density at radius 1 is 1.15 bits per heavy atom. The number of carbonyl (C=O) groups excluding carboxylic acids is 1. The molecule has 0 saturated carbocycles. The first kappa shape index (κ1) is 18.2. The van der Waals surface area contributed by atoms with Crippen molar-refractivity contribution in [1.29, 1.82) is 0 Å². The molecule has 1 aliphatic heterocycles. The van der Waals surface area contributed by atoms with Gasteiger partial charge < -0.3 is 9.64 Å². The van der Waals surface area contributed by atoms with Crippen LogP contribution in [0.15, 0.2) is 36.4 Å². The van der Waals surface area contributed by atoms with Crippen LogP contribution in [0.4, 0.5) is 11.4 Å². The van der Waals surface area contributed by atoms with Crippen molar-refractivity contribution in [2.75, 3.05) is 18.0 Å². The lowest BCUT2D eigenvalue weighted by Crippen LogP contribution is -2.30. The Bertz CT molecular complexity index is 847. The minimum absolute atomic E-state index is 0.0864. The van der Waals surface area contributed by atoms with Crippen molar-refractivity contribution in [3.05, 3.63) is 62.7 Å². The molecular formula is C19H19ClN2O4. The molecule has 0 spiro atoms. The number of rotatable bonds is 4. The molecule has 1 saturated heterocycles. The maximum absolute atomic E-state index is 12.4. The van der Waals surface area contributed by atoms with Gasteiger partial charge in [-0.3, -0.25) is 10.1 Å². The number of esters is 1. The van der Waals surface area contributed by atoms with Gasteiger partial charge in [0.1, 0.15) is 11.4 Å². The fourth-order valence-electron chi connectivity index (χ4n) is 3.05. The Hall–Kier alpha value is -2.60. The van der Waals surface area contributed by atoms with Gasteiger partial charge in [0.05, 0.1) is 15.5 Å². The summed E-state index contributed by atoms with van der Waals surface area (Å²) < 4.78 is 5.33. The van der Waals surface area contributed by atoms with Crippen LogP contribution >= 0.6 is 11.6 Å². The van der Waals surface area contributed by atoms with Gasteiger partial charge in [0.25, 0.3) is 5.69 Å². The van der Waals surface area contributed by atoms with Crippen molar-refractivity contribution in [1.82, 2.24) is 0 Å². The molecule has 136 valence electrons. The SMILES string of the molecule is Cc1ccc(Cl)c(OC(=O)c2ccc(N3CCCCC3)c([N+](=O)[O-])c2)c1. The van der Waals surface area contributed by atoms with Gasteiger partial charge in [-0.2, -0.15) is 0 Å². The van der Waals surface area contributed by atoms with Gasteiger partial charge in [-0.25, -0.2) is 4.79 Å². The van der Waals surface area contributed by atoms with Crippen LogP contribution in [0.2, 0.25) is 5.02 Å². The number of benzene rings is 2. The first-order valence-electron chi connectivity index (χ1n) is 8.47. The smallest absolute Gasteiger partial charge is 0.343 e. The van der Waals surface area contributed by atoms with Crippen LogP contribution in [-0.2, 0) is 0 Å². The fraction of sp³-hybridized carbons (Fsp3) is 0.316. The molecule has 1 aliphatic rings. The average Bonchev–Trinajstić information content (AvgIpc) is 2.65. The molecular weight excluding hydrogens is 356 g/mol. The number of piperidine rings is 1. The van der Waals surface area contributed by atoms with E-state index in [-0.39, 0.29) is 17.0 Å². The summed E-state index contributed by atoms with van der Waals surface area (Å²) in [7, 11) is 0. The number of nitro benzene ring substituents is 1. The quantitative estimate of drug-likeness (QED) is 0.333. The van der Waals surface area contributed by atoms with E-state index in [2.05, 4.69) is 0 Å². The first-order chi connectivity index (χ1) is 12.5. The Morgan fingerprint density at radius 2 is 1.88 bits per heavy atom. The molecule has 0 N–H and O–H groups in total. The van der Waals surface area contributed by atoms with E-state index in [0.29, 0.717) is 10.7 Å². The number of anilines is 1. The van der Waals surface area contributed by atoms with Crippen LogP contribution in [-0.4, -0.2) is 24.0 Å². The molecule has 3 rings (SSSR count). The zero-order valence-corrected chi connectivity index (χ0v) is 15.2. The fourth-order valence-corrected chi connectivity index (χ4v) is 3.20. The van der Waals surface area contributed by atoms with Crippen molar-refractivity contribution in [3.8, 4) is 5.75 Å². The molecule has 0 radical (unpaired) electrons. The highest BCUT2D eigenvalue weighted by Crippen LogP contribution is 2.32. The van der Waals surface area contributed by atoms with Crippen molar-refractivity contribution in [2.24, 2.45) is 0 Å². The van der Waals surface area contributed by atoms with Crippen LogP contribution in [0, 0.1) is 17.0 Å². The highest BCUT2D eigenvalue weighted by Gasteiger charge is 2.24. The number of halogens is 1. The van der Waals surface area contributed by atoms with Gasteiger partial charge in [0.15, 0.2) is 0 Å². The molecule has 0 unspecified atom stereocenters. The minimum atomic E-state index is -0.675. The lowest BCUT2D eigenvalue weighted by molar-refractivity contribution is -0.384. The van der Waals surface area contributed by atoms with Crippen molar-refractivity contribution < 1.29 is 14.5 Å². The summed E-state index contributed by atoms with van der Waals surface area (Å²) in [4.78, 5) is 25.5. The lowest BCUT2D eigenvalue weighted by atomic mass is 10.1. The van der Waals surface area contributed by atoms with E-state index in [1.807, 2.05) is 11.8 Å². The molecule has 1 heterocycles. The third-order valence-electron chi connectivity index (χ3n) is 4.39. The van der Waals surface area contributed by atoms with Crippen molar-refractivity contribution >= 4 is 28.9 Å². The molecule has 0 aromatic heterocycles. The van der Waals surface area contributed by atoms with Crippen molar-refractivity contribution in [3.63, 3.8) is 0 Å². The van der Waals surface area contributed by atoms with Crippen molar-refractivity contribution in [2.45, 2.75) is 26.2 Å². The predicted molar refractivity (Wildman–Crippen MR) is 100 cm³/mol. The Balaban J connectivity index is 1.88. The van der Waals surface area contributed by atoms with Crippen LogP contribution in [0.25, 0.3) is 0 Å². The summed E-state index contributed by atoms with van der Waals surface area (Å²) in [6.07, 6.45) is 3.14. The molecule has 7 heteroatoms. The predicted octanol–water partition coefficient (Wildman–Crippen LogP) is 4.77. The summed E-state index contributed by atoms with van der Waals surface area (Å²) in [5.41, 5.74) is 1.47. The maximum atomic E-state index is 12.4. The summed E-state index contributed by atoms with van der Waals surface area (Å²) in [6, 6.07) is 9.55. The number of nitro groups is 1. The summed E-state index contributed by atoms with van der Waals surface area (Å²) in [6.45, 7) is 3.42. The number of hydrogen-bond acceptors (Lipinski definition) is 5. The van der Waals surface area contributed by atoms with Gasteiger partial charge in [-0.15, -0.1) is 0 Å². The number of hydrogen-bond donors (Lipinski definition) is 0. The number of carbonyl (C=O) groups is 1.